The Morgan fingerprint density at radius 1 is 1.50 bits per heavy atom. The van der Waals surface area contributed by atoms with Crippen LogP contribution in [0.4, 0.5) is 0 Å². The number of rotatable bonds is 5. The highest BCUT2D eigenvalue weighted by atomic mass is 32.2. The second kappa shape index (κ2) is 6.40. The van der Waals surface area contributed by atoms with Gasteiger partial charge in [0, 0.05) is 12.1 Å². The molecule has 4 nitrogen and oxygen atoms in total. The molecule has 0 aliphatic heterocycles. The molecule has 0 saturated carbocycles. The van der Waals surface area contributed by atoms with E-state index in [2.05, 4.69) is 28.9 Å². The molecule has 0 saturated heterocycles. The zero-order valence-corrected chi connectivity index (χ0v) is 12.4. The minimum Gasteiger partial charge on any atom is -0.298 e. The predicted molar refractivity (Wildman–Crippen MR) is 81.3 cm³/mol. The maximum Gasteiger partial charge on any atom is 0.193 e. The van der Waals surface area contributed by atoms with Crippen molar-refractivity contribution in [3.8, 4) is 17.5 Å². The third kappa shape index (κ3) is 3.09. The van der Waals surface area contributed by atoms with Crippen molar-refractivity contribution in [2.45, 2.75) is 30.8 Å². The van der Waals surface area contributed by atoms with Gasteiger partial charge in [-0.05, 0) is 19.9 Å². The highest BCUT2D eigenvalue weighted by molar-refractivity contribution is 8.00. The second-order valence-corrected chi connectivity index (χ2v) is 5.77. The van der Waals surface area contributed by atoms with E-state index in [0.29, 0.717) is 6.54 Å². The Hall–Kier alpha value is -2.06. The zero-order valence-electron chi connectivity index (χ0n) is 11.6. The van der Waals surface area contributed by atoms with E-state index in [-0.39, 0.29) is 5.25 Å². The number of benzene rings is 1. The minimum absolute atomic E-state index is 0.159. The van der Waals surface area contributed by atoms with Gasteiger partial charge in [-0.25, -0.2) is 0 Å². The molecule has 2 aromatic rings. The van der Waals surface area contributed by atoms with Gasteiger partial charge in [-0.15, -0.1) is 16.8 Å². The van der Waals surface area contributed by atoms with Crippen molar-refractivity contribution >= 4 is 11.8 Å². The molecule has 1 aromatic heterocycles. The van der Waals surface area contributed by atoms with Gasteiger partial charge in [0.25, 0.3) is 0 Å². The molecule has 5 heteroatoms. The molecule has 0 N–H and O–H groups in total. The van der Waals surface area contributed by atoms with Crippen LogP contribution in [-0.4, -0.2) is 20.0 Å². The summed E-state index contributed by atoms with van der Waals surface area (Å²) in [6, 6.07) is 10.3. The minimum atomic E-state index is -0.159. The van der Waals surface area contributed by atoms with Gasteiger partial charge in [0.15, 0.2) is 11.0 Å². The van der Waals surface area contributed by atoms with Crippen LogP contribution in [0, 0.1) is 18.3 Å². The lowest BCUT2D eigenvalue weighted by molar-refractivity contribution is 0.730. The number of nitrogens with zero attached hydrogens (tertiary/aromatic N) is 4. The van der Waals surface area contributed by atoms with E-state index in [1.165, 1.54) is 17.3 Å². The highest BCUT2D eigenvalue weighted by Gasteiger charge is 2.15. The van der Waals surface area contributed by atoms with Crippen molar-refractivity contribution in [1.29, 1.82) is 5.26 Å². The van der Waals surface area contributed by atoms with E-state index in [1.807, 2.05) is 42.7 Å². The molecule has 1 atom stereocenters. The number of hydrogen-bond donors (Lipinski definition) is 0. The molecule has 1 unspecified atom stereocenters. The monoisotopic (exact) mass is 284 g/mol. The molecule has 0 spiro atoms. The lowest BCUT2D eigenvalue weighted by Gasteiger charge is -2.08. The SMILES string of the molecule is C=CCn1c(SC(C)C#N)nnc1-c1cccc(C)c1. The largest absolute Gasteiger partial charge is 0.298 e. The summed E-state index contributed by atoms with van der Waals surface area (Å²) in [5.74, 6) is 0.807. The van der Waals surface area contributed by atoms with Crippen LogP contribution in [-0.2, 0) is 6.54 Å². The highest BCUT2D eigenvalue weighted by Crippen LogP contribution is 2.26. The van der Waals surface area contributed by atoms with Gasteiger partial charge < -0.3 is 0 Å². The molecular weight excluding hydrogens is 268 g/mol. The van der Waals surface area contributed by atoms with Gasteiger partial charge in [0.05, 0.1) is 11.3 Å². The maximum atomic E-state index is 8.93. The number of aromatic nitrogens is 3. The summed E-state index contributed by atoms with van der Waals surface area (Å²) < 4.78 is 1.99. The van der Waals surface area contributed by atoms with Crippen LogP contribution in [0.25, 0.3) is 11.4 Å². The average Bonchev–Trinajstić information content (AvgIpc) is 2.82. The third-order valence-corrected chi connectivity index (χ3v) is 3.74. The molecule has 0 aliphatic rings. The molecule has 0 amide bonds. The summed E-state index contributed by atoms with van der Waals surface area (Å²) >= 11 is 1.41. The van der Waals surface area contributed by atoms with Crippen LogP contribution in [0.5, 0.6) is 0 Å². The first-order valence-electron chi connectivity index (χ1n) is 6.33. The maximum absolute atomic E-state index is 8.93. The molecule has 0 bridgehead atoms. The van der Waals surface area contributed by atoms with Crippen molar-refractivity contribution in [3.63, 3.8) is 0 Å². The summed E-state index contributed by atoms with van der Waals surface area (Å²) in [6.07, 6.45) is 1.81. The van der Waals surface area contributed by atoms with Gasteiger partial charge >= 0.3 is 0 Å². The Bertz CT molecular complexity index is 654. The molecule has 2 rings (SSSR count). The van der Waals surface area contributed by atoms with E-state index in [9.17, 15) is 0 Å². The fraction of sp³-hybridized carbons (Fsp3) is 0.267. The fourth-order valence-electron chi connectivity index (χ4n) is 1.85. The van der Waals surface area contributed by atoms with Gasteiger partial charge in [0.1, 0.15) is 0 Å². The molecule has 1 heterocycles. The van der Waals surface area contributed by atoms with Crippen LogP contribution in [0.3, 0.4) is 0 Å². The number of thioether (sulfide) groups is 1. The van der Waals surface area contributed by atoms with Crippen LogP contribution >= 0.6 is 11.8 Å². The van der Waals surface area contributed by atoms with Crippen LogP contribution < -0.4 is 0 Å². The third-order valence-electron chi connectivity index (χ3n) is 2.77. The smallest absolute Gasteiger partial charge is 0.193 e. The molecular formula is C15H16N4S. The van der Waals surface area contributed by atoms with E-state index in [0.717, 1.165) is 16.5 Å². The molecule has 102 valence electrons. The first-order valence-corrected chi connectivity index (χ1v) is 7.21. The predicted octanol–water partition coefficient (Wildman–Crippen LogP) is 3.44. The molecule has 0 aliphatic carbocycles. The van der Waals surface area contributed by atoms with Crippen LogP contribution in [0.2, 0.25) is 0 Å². The van der Waals surface area contributed by atoms with Crippen LogP contribution in [0.1, 0.15) is 12.5 Å². The topological polar surface area (TPSA) is 54.5 Å². The Balaban J connectivity index is 2.44. The summed E-state index contributed by atoms with van der Waals surface area (Å²) in [5, 5.41) is 18.0. The van der Waals surface area contributed by atoms with Crippen molar-refractivity contribution in [1.82, 2.24) is 14.8 Å². The Labute approximate surface area is 123 Å². The van der Waals surface area contributed by atoms with E-state index >= 15 is 0 Å². The zero-order chi connectivity index (χ0) is 14.5. The van der Waals surface area contributed by atoms with E-state index in [1.54, 1.807) is 0 Å². The fourth-order valence-corrected chi connectivity index (χ4v) is 2.60. The summed E-state index contributed by atoms with van der Waals surface area (Å²) in [4.78, 5) is 0. The first kappa shape index (κ1) is 14.4. The van der Waals surface area contributed by atoms with E-state index < -0.39 is 0 Å². The number of nitriles is 1. The second-order valence-electron chi connectivity index (χ2n) is 4.46. The Morgan fingerprint density at radius 2 is 2.30 bits per heavy atom. The first-order chi connectivity index (χ1) is 9.65. The van der Waals surface area contributed by atoms with Gasteiger partial charge in [0.2, 0.25) is 0 Å². The lowest BCUT2D eigenvalue weighted by atomic mass is 10.1. The lowest BCUT2D eigenvalue weighted by Crippen LogP contribution is -2.02. The van der Waals surface area contributed by atoms with Crippen LogP contribution in [0.15, 0.2) is 42.1 Å². The molecule has 20 heavy (non-hydrogen) atoms. The van der Waals surface area contributed by atoms with Crippen molar-refractivity contribution in [2.75, 3.05) is 0 Å². The van der Waals surface area contributed by atoms with Crippen molar-refractivity contribution in [3.05, 3.63) is 42.5 Å². The van der Waals surface area contributed by atoms with Crippen molar-refractivity contribution in [2.24, 2.45) is 0 Å². The normalized spacial score (nSPS) is 11.8. The quantitative estimate of drug-likeness (QED) is 0.623. The number of aryl methyl sites for hydroxylation is 1. The standard InChI is InChI=1S/C15H16N4S/c1-4-8-19-14(13-7-5-6-11(2)9-13)17-18-15(19)20-12(3)10-16/h4-7,9,12H,1,8H2,2-3H3. The van der Waals surface area contributed by atoms with Crippen molar-refractivity contribution < 1.29 is 0 Å². The van der Waals surface area contributed by atoms with Gasteiger partial charge in [-0.2, -0.15) is 5.26 Å². The number of hydrogen-bond acceptors (Lipinski definition) is 4. The summed E-state index contributed by atoms with van der Waals surface area (Å²) in [6.45, 7) is 8.30. The van der Waals surface area contributed by atoms with E-state index in [4.69, 9.17) is 5.26 Å². The van der Waals surface area contributed by atoms with Gasteiger partial charge in [-0.1, -0.05) is 41.6 Å². The average molecular weight is 284 g/mol. The summed E-state index contributed by atoms with van der Waals surface area (Å²) in [7, 11) is 0. The molecule has 0 radical (unpaired) electrons. The molecule has 1 aromatic carbocycles. The Kier molecular flexibility index (Phi) is 4.59. The van der Waals surface area contributed by atoms with Gasteiger partial charge in [-0.3, -0.25) is 4.57 Å². The summed E-state index contributed by atoms with van der Waals surface area (Å²) in [5.41, 5.74) is 2.20. The Morgan fingerprint density at radius 3 is 2.95 bits per heavy atom. The number of allylic oxidation sites excluding steroid dienone is 1. The molecule has 0 fully saturated rings.